The Hall–Kier alpha value is -1.80. The van der Waals surface area contributed by atoms with Crippen molar-refractivity contribution in [3.63, 3.8) is 0 Å². The fourth-order valence-corrected chi connectivity index (χ4v) is 4.12. The number of carbonyl (C=O) groups is 1. The number of nitrogens with zero attached hydrogens (tertiary/aromatic N) is 2. The molecule has 0 bridgehead atoms. The number of anilines is 1. The van der Waals surface area contributed by atoms with Crippen molar-refractivity contribution in [2.75, 3.05) is 5.32 Å². The summed E-state index contributed by atoms with van der Waals surface area (Å²) in [5.74, 6) is -0.624. The molecule has 0 fully saturated rings. The number of hydrogen-bond acceptors (Lipinski definition) is 6. The second-order valence-corrected chi connectivity index (χ2v) is 10.3. The van der Waals surface area contributed by atoms with Crippen molar-refractivity contribution in [3.05, 3.63) is 35.6 Å². The molecule has 0 atom stereocenters. The quantitative estimate of drug-likeness (QED) is 0.897. The molecule has 0 spiro atoms. The van der Waals surface area contributed by atoms with Crippen LogP contribution in [0.25, 0.3) is 0 Å². The lowest BCUT2D eigenvalue weighted by atomic mass is 9.93. The van der Waals surface area contributed by atoms with Crippen molar-refractivity contribution >= 4 is 32.2 Å². The van der Waals surface area contributed by atoms with E-state index >= 15 is 0 Å². The van der Waals surface area contributed by atoms with Crippen molar-refractivity contribution in [2.24, 2.45) is 0 Å². The van der Waals surface area contributed by atoms with Gasteiger partial charge >= 0.3 is 0 Å². The van der Waals surface area contributed by atoms with E-state index in [0.29, 0.717) is 5.13 Å². The maximum absolute atomic E-state index is 12.7. The number of sulfone groups is 1. The summed E-state index contributed by atoms with van der Waals surface area (Å²) in [5, 5.41) is 4.87. The molecule has 0 aromatic carbocycles. The molecule has 24 heavy (non-hydrogen) atoms. The highest BCUT2D eigenvalue weighted by atomic mass is 32.2. The molecule has 1 N–H and O–H groups in total. The highest BCUT2D eigenvalue weighted by Gasteiger charge is 2.43. The van der Waals surface area contributed by atoms with Gasteiger partial charge in [0.25, 0.3) is 0 Å². The Morgan fingerprint density at radius 3 is 2.38 bits per heavy atom. The van der Waals surface area contributed by atoms with Gasteiger partial charge < -0.3 is 5.32 Å². The number of carbonyl (C=O) groups excluding carboxylic acids is 1. The van der Waals surface area contributed by atoms with E-state index in [-0.39, 0.29) is 10.3 Å². The number of amides is 1. The van der Waals surface area contributed by atoms with Gasteiger partial charge in [-0.25, -0.2) is 13.4 Å². The molecule has 0 unspecified atom stereocenters. The summed E-state index contributed by atoms with van der Waals surface area (Å²) >= 11 is 1.28. The third-order valence-electron chi connectivity index (χ3n) is 3.66. The number of thiazole rings is 1. The first kappa shape index (κ1) is 18.5. The van der Waals surface area contributed by atoms with Crippen molar-refractivity contribution in [2.45, 2.75) is 49.7 Å². The third kappa shape index (κ3) is 3.49. The number of aromatic nitrogens is 2. The number of pyridine rings is 1. The summed E-state index contributed by atoms with van der Waals surface area (Å²) in [7, 11) is -3.88. The van der Waals surface area contributed by atoms with E-state index in [1.807, 2.05) is 26.2 Å². The van der Waals surface area contributed by atoms with Crippen molar-refractivity contribution in [3.8, 4) is 0 Å². The van der Waals surface area contributed by atoms with Crippen LogP contribution in [0.1, 0.15) is 40.3 Å². The number of hydrogen-bond donors (Lipinski definition) is 1. The Balaban J connectivity index is 2.26. The lowest BCUT2D eigenvalue weighted by Crippen LogP contribution is -2.44. The molecule has 130 valence electrons. The van der Waals surface area contributed by atoms with Crippen LogP contribution in [-0.2, 0) is 20.0 Å². The molecule has 0 aliphatic carbocycles. The predicted octanol–water partition coefficient (Wildman–Crippen LogP) is 3.03. The fraction of sp³-hybridized carbons (Fsp3) is 0.438. The first-order valence-corrected chi connectivity index (χ1v) is 9.74. The average molecular weight is 367 g/mol. The minimum absolute atomic E-state index is 0.0136. The van der Waals surface area contributed by atoms with Gasteiger partial charge in [-0.3, -0.25) is 9.78 Å². The monoisotopic (exact) mass is 367 g/mol. The molecule has 2 heterocycles. The largest absolute Gasteiger partial charge is 0.301 e. The highest BCUT2D eigenvalue weighted by Crippen LogP contribution is 2.29. The first-order chi connectivity index (χ1) is 11.0. The lowest BCUT2D eigenvalue weighted by Gasteiger charge is -2.23. The molecule has 0 aliphatic heterocycles. The second-order valence-electron chi connectivity index (χ2n) is 6.94. The van der Waals surface area contributed by atoms with Crippen molar-refractivity contribution in [1.82, 2.24) is 9.97 Å². The Morgan fingerprint density at radius 2 is 1.88 bits per heavy atom. The summed E-state index contributed by atoms with van der Waals surface area (Å²) in [4.78, 5) is 20.8. The third-order valence-corrected chi connectivity index (χ3v) is 6.81. The van der Waals surface area contributed by atoms with E-state index < -0.39 is 20.5 Å². The summed E-state index contributed by atoms with van der Waals surface area (Å²) in [5.41, 5.74) is 0.701. The molecular weight excluding hydrogens is 346 g/mol. The van der Waals surface area contributed by atoms with Crippen molar-refractivity contribution < 1.29 is 13.2 Å². The maximum Gasteiger partial charge on any atom is 0.247 e. The van der Waals surface area contributed by atoms with E-state index in [9.17, 15) is 13.2 Å². The van der Waals surface area contributed by atoms with Crippen LogP contribution in [0.3, 0.4) is 0 Å². The Labute approximate surface area is 146 Å². The normalized spacial score (nSPS) is 12.9. The van der Waals surface area contributed by atoms with Crippen LogP contribution in [0.2, 0.25) is 0 Å². The standard InChI is InChI=1S/C16H21N3O3S2/c1-15(2,3)12-10-23-14(18-12)19-13(20)16(4,5)24(21,22)11-7-6-8-17-9-11/h6-10H,1-5H3,(H,18,19,20). The van der Waals surface area contributed by atoms with Crippen molar-refractivity contribution in [1.29, 1.82) is 0 Å². The molecule has 2 rings (SSSR count). The van der Waals surface area contributed by atoms with E-state index in [2.05, 4.69) is 15.3 Å². The topological polar surface area (TPSA) is 89.0 Å². The van der Waals surface area contributed by atoms with Gasteiger partial charge in [0.1, 0.15) is 4.75 Å². The van der Waals surface area contributed by atoms with Crippen LogP contribution in [0.4, 0.5) is 5.13 Å². The molecule has 0 saturated carbocycles. The fourth-order valence-electron chi connectivity index (χ4n) is 1.85. The zero-order valence-electron chi connectivity index (χ0n) is 14.3. The second kappa shape index (κ2) is 6.25. The minimum Gasteiger partial charge on any atom is -0.301 e. The first-order valence-electron chi connectivity index (χ1n) is 7.38. The Bertz CT molecular complexity index is 835. The van der Waals surface area contributed by atoms with Crippen LogP contribution in [0.15, 0.2) is 34.8 Å². The van der Waals surface area contributed by atoms with Gasteiger partial charge in [0.15, 0.2) is 15.0 Å². The molecule has 0 saturated heterocycles. The minimum atomic E-state index is -3.88. The van der Waals surface area contributed by atoms with E-state index in [0.717, 1.165) is 5.69 Å². The molecule has 8 heteroatoms. The van der Waals surface area contributed by atoms with Gasteiger partial charge in [0.2, 0.25) is 5.91 Å². The van der Waals surface area contributed by atoms with Gasteiger partial charge in [0, 0.05) is 23.2 Å². The highest BCUT2D eigenvalue weighted by molar-refractivity contribution is 7.93. The maximum atomic E-state index is 12.7. The number of rotatable bonds is 4. The number of nitrogens with one attached hydrogen (secondary N) is 1. The predicted molar refractivity (Wildman–Crippen MR) is 94.9 cm³/mol. The average Bonchev–Trinajstić information content (AvgIpc) is 2.96. The molecule has 6 nitrogen and oxygen atoms in total. The molecule has 0 aliphatic rings. The van der Waals surface area contributed by atoms with Crippen LogP contribution >= 0.6 is 11.3 Å². The molecular formula is C16H21N3O3S2. The summed E-state index contributed by atoms with van der Waals surface area (Å²) in [6.45, 7) is 8.81. The van der Waals surface area contributed by atoms with Gasteiger partial charge in [0.05, 0.1) is 10.6 Å². The van der Waals surface area contributed by atoms with Crippen LogP contribution < -0.4 is 5.32 Å². The zero-order chi connectivity index (χ0) is 18.2. The van der Waals surface area contributed by atoms with Gasteiger partial charge in [-0.15, -0.1) is 11.3 Å². The smallest absolute Gasteiger partial charge is 0.247 e. The molecule has 2 aromatic heterocycles. The van der Waals surface area contributed by atoms with E-state index in [1.165, 1.54) is 49.7 Å². The zero-order valence-corrected chi connectivity index (χ0v) is 16.0. The lowest BCUT2D eigenvalue weighted by molar-refractivity contribution is -0.117. The van der Waals surface area contributed by atoms with Crippen LogP contribution in [0, 0.1) is 0 Å². The van der Waals surface area contributed by atoms with Gasteiger partial charge in [-0.1, -0.05) is 20.8 Å². The Kier molecular flexibility index (Phi) is 4.83. The summed E-state index contributed by atoms with van der Waals surface area (Å²) in [6.07, 6.45) is 2.72. The van der Waals surface area contributed by atoms with Crippen LogP contribution in [-0.4, -0.2) is 29.0 Å². The molecule has 1 amide bonds. The van der Waals surface area contributed by atoms with E-state index in [1.54, 1.807) is 0 Å². The van der Waals surface area contributed by atoms with Crippen LogP contribution in [0.5, 0.6) is 0 Å². The molecule has 0 radical (unpaired) electrons. The van der Waals surface area contributed by atoms with E-state index in [4.69, 9.17) is 0 Å². The van der Waals surface area contributed by atoms with Gasteiger partial charge in [-0.2, -0.15) is 0 Å². The summed E-state index contributed by atoms with van der Waals surface area (Å²) in [6, 6.07) is 2.95. The summed E-state index contributed by atoms with van der Waals surface area (Å²) < 4.78 is 23.8. The Morgan fingerprint density at radius 1 is 1.21 bits per heavy atom. The van der Waals surface area contributed by atoms with Gasteiger partial charge in [-0.05, 0) is 26.0 Å². The SMILES string of the molecule is CC(C)(C)c1csc(NC(=O)C(C)(C)S(=O)(=O)c2cccnc2)n1. The molecule has 2 aromatic rings.